The van der Waals surface area contributed by atoms with Crippen LogP contribution in [0.5, 0.6) is 0 Å². The maximum absolute atomic E-state index is 11.6. The van der Waals surface area contributed by atoms with Crippen LogP contribution < -0.4 is 5.32 Å². The molecule has 0 fully saturated rings. The molecule has 3 atom stereocenters. The molecule has 0 radical (unpaired) electrons. The fourth-order valence-corrected chi connectivity index (χ4v) is 1.73. The fraction of sp³-hybridized carbons (Fsp3) is 0.923. The Hall–Kier alpha value is -0.570. The average Bonchev–Trinajstić information content (AvgIpc) is 2.31. The number of methoxy groups -OCH3 is 1. The molecule has 3 heteroatoms. The summed E-state index contributed by atoms with van der Waals surface area (Å²) >= 11 is 0. The van der Waals surface area contributed by atoms with Crippen LogP contribution >= 0.6 is 0 Å². The summed E-state index contributed by atoms with van der Waals surface area (Å²) in [5, 5.41) is 3.38. The molecule has 3 nitrogen and oxygen atoms in total. The zero-order valence-corrected chi connectivity index (χ0v) is 11.4. The van der Waals surface area contributed by atoms with Gasteiger partial charge in [-0.3, -0.25) is 4.79 Å². The number of rotatable bonds is 8. The Morgan fingerprint density at radius 1 is 1.31 bits per heavy atom. The van der Waals surface area contributed by atoms with Gasteiger partial charge in [-0.05, 0) is 19.3 Å². The lowest BCUT2D eigenvalue weighted by Gasteiger charge is -2.25. The fourth-order valence-electron chi connectivity index (χ4n) is 1.73. The van der Waals surface area contributed by atoms with Crippen LogP contribution in [-0.2, 0) is 9.53 Å². The zero-order valence-electron chi connectivity index (χ0n) is 11.4. The van der Waals surface area contributed by atoms with Gasteiger partial charge in [0.15, 0.2) is 0 Å². The maximum Gasteiger partial charge on any atom is 0.323 e. The largest absolute Gasteiger partial charge is 0.468 e. The van der Waals surface area contributed by atoms with Gasteiger partial charge in [-0.2, -0.15) is 0 Å². The van der Waals surface area contributed by atoms with Crippen LogP contribution in [0.4, 0.5) is 0 Å². The second-order valence-electron chi connectivity index (χ2n) is 4.60. The molecule has 0 saturated heterocycles. The third kappa shape index (κ3) is 5.50. The molecule has 0 amide bonds. The molecule has 0 bridgehead atoms. The van der Waals surface area contributed by atoms with E-state index >= 15 is 0 Å². The summed E-state index contributed by atoms with van der Waals surface area (Å²) in [7, 11) is 1.45. The van der Waals surface area contributed by atoms with Gasteiger partial charge in [0, 0.05) is 6.04 Å². The monoisotopic (exact) mass is 229 g/mol. The van der Waals surface area contributed by atoms with Crippen molar-refractivity contribution in [3.05, 3.63) is 0 Å². The van der Waals surface area contributed by atoms with Gasteiger partial charge in [-0.15, -0.1) is 0 Å². The normalized spacial score (nSPS) is 16.6. The third-order valence-corrected chi connectivity index (χ3v) is 3.12. The Labute approximate surface area is 99.9 Å². The first kappa shape index (κ1) is 15.4. The predicted molar refractivity (Wildman–Crippen MR) is 67.4 cm³/mol. The molecule has 0 rings (SSSR count). The Morgan fingerprint density at radius 2 is 1.94 bits per heavy atom. The number of ether oxygens (including phenoxy) is 1. The van der Waals surface area contributed by atoms with E-state index in [9.17, 15) is 4.79 Å². The van der Waals surface area contributed by atoms with E-state index in [-0.39, 0.29) is 12.0 Å². The maximum atomic E-state index is 11.6. The minimum atomic E-state index is -0.165. The van der Waals surface area contributed by atoms with Crippen LogP contribution in [0, 0.1) is 5.92 Å². The highest BCUT2D eigenvalue weighted by Gasteiger charge is 2.25. The van der Waals surface area contributed by atoms with Crippen molar-refractivity contribution in [2.75, 3.05) is 7.11 Å². The summed E-state index contributed by atoms with van der Waals surface area (Å²) in [6.45, 7) is 8.49. The number of nitrogens with one attached hydrogen (secondary N) is 1. The highest BCUT2D eigenvalue weighted by atomic mass is 16.5. The molecule has 0 saturated carbocycles. The molecule has 0 heterocycles. The molecule has 0 spiro atoms. The van der Waals surface area contributed by atoms with Gasteiger partial charge in [0.05, 0.1) is 7.11 Å². The predicted octanol–water partition coefficient (Wildman–Crippen LogP) is 2.74. The molecule has 0 aliphatic carbocycles. The quantitative estimate of drug-likeness (QED) is 0.650. The molecule has 96 valence electrons. The van der Waals surface area contributed by atoms with Gasteiger partial charge in [0.25, 0.3) is 0 Å². The van der Waals surface area contributed by atoms with Crippen LogP contribution in [0.15, 0.2) is 0 Å². The van der Waals surface area contributed by atoms with Gasteiger partial charge >= 0.3 is 5.97 Å². The number of hydrogen-bond acceptors (Lipinski definition) is 3. The Morgan fingerprint density at radius 3 is 2.38 bits per heavy atom. The van der Waals surface area contributed by atoms with Crippen molar-refractivity contribution in [3.8, 4) is 0 Å². The van der Waals surface area contributed by atoms with Gasteiger partial charge in [0.1, 0.15) is 6.04 Å². The van der Waals surface area contributed by atoms with Gasteiger partial charge in [-0.1, -0.05) is 40.0 Å². The molecule has 0 aliphatic rings. The van der Waals surface area contributed by atoms with Crippen molar-refractivity contribution in [2.24, 2.45) is 5.92 Å². The Balaban J connectivity index is 4.25. The third-order valence-electron chi connectivity index (χ3n) is 3.12. The summed E-state index contributed by atoms with van der Waals surface area (Å²) in [5.41, 5.74) is 0. The van der Waals surface area contributed by atoms with Crippen LogP contribution in [-0.4, -0.2) is 25.2 Å². The number of unbranched alkanes of at least 4 members (excludes halogenated alkanes) is 1. The summed E-state index contributed by atoms with van der Waals surface area (Å²) in [6.07, 6.45) is 4.48. The SMILES string of the molecule is CCCCC(C)NC(C(=O)OC)C(C)CC. The van der Waals surface area contributed by atoms with E-state index < -0.39 is 0 Å². The van der Waals surface area contributed by atoms with E-state index in [0.29, 0.717) is 12.0 Å². The smallest absolute Gasteiger partial charge is 0.323 e. The van der Waals surface area contributed by atoms with Crippen molar-refractivity contribution in [3.63, 3.8) is 0 Å². The van der Waals surface area contributed by atoms with Crippen LogP contribution in [0.2, 0.25) is 0 Å². The van der Waals surface area contributed by atoms with E-state index in [1.54, 1.807) is 0 Å². The average molecular weight is 229 g/mol. The van der Waals surface area contributed by atoms with E-state index in [1.807, 2.05) is 0 Å². The van der Waals surface area contributed by atoms with Gasteiger partial charge < -0.3 is 10.1 Å². The van der Waals surface area contributed by atoms with Crippen molar-refractivity contribution >= 4 is 5.97 Å². The van der Waals surface area contributed by atoms with E-state index in [2.05, 4.69) is 33.0 Å². The lowest BCUT2D eigenvalue weighted by Crippen LogP contribution is -2.46. The summed E-state index contributed by atoms with van der Waals surface area (Å²) in [6, 6.07) is 0.208. The number of esters is 1. The van der Waals surface area contributed by atoms with Crippen molar-refractivity contribution in [2.45, 2.75) is 65.5 Å². The first-order chi connectivity index (χ1) is 7.56. The van der Waals surface area contributed by atoms with Crippen molar-refractivity contribution in [1.29, 1.82) is 0 Å². The lowest BCUT2D eigenvalue weighted by molar-refractivity contribution is -0.144. The van der Waals surface area contributed by atoms with Gasteiger partial charge in [-0.25, -0.2) is 0 Å². The molecule has 16 heavy (non-hydrogen) atoms. The van der Waals surface area contributed by atoms with Crippen molar-refractivity contribution in [1.82, 2.24) is 5.32 Å². The second kappa shape index (κ2) is 8.57. The standard InChI is InChI=1S/C13H27NO2/c1-6-8-9-11(4)14-12(10(3)7-2)13(15)16-5/h10-12,14H,6-9H2,1-5H3. The molecular formula is C13H27NO2. The molecule has 0 aliphatic heterocycles. The second-order valence-corrected chi connectivity index (χ2v) is 4.60. The van der Waals surface area contributed by atoms with E-state index in [1.165, 1.54) is 20.0 Å². The Kier molecular flexibility index (Phi) is 8.26. The van der Waals surface area contributed by atoms with Gasteiger partial charge in [0.2, 0.25) is 0 Å². The number of hydrogen-bond donors (Lipinski definition) is 1. The topological polar surface area (TPSA) is 38.3 Å². The Bertz CT molecular complexity index is 194. The lowest BCUT2D eigenvalue weighted by atomic mass is 9.97. The number of carbonyl (C=O) groups is 1. The highest BCUT2D eigenvalue weighted by molar-refractivity contribution is 5.76. The number of carbonyl (C=O) groups excluding carboxylic acids is 1. The minimum Gasteiger partial charge on any atom is -0.468 e. The first-order valence-electron chi connectivity index (χ1n) is 6.40. The molecule has 0 aromatic heterocycles. The first-order valence-corrected chi connectivity index (χ1v) is 6.40. The van der Waals surface area contributed by atoms with Crippen LogP contribution in [0.1, 0.15) is 53.4 Å². The molecule has 0 aromatic rings. The minimum absolute atomic E-state index is 0.141. The van der Waals surface area contributed by atoms with E-state index in [4.69, 9.17) is 4.74 Å². The van der Waals surface area contributed by atoms with Crippen molar-refractivity contribution < 1.29 is 9.53 Å². The molecule has 0 aromatic carbocycles. The van der Waals surface area contributed by atoms with E-state index in [0.717, 1.165) is 12.8 Å². The zero-order chi connectivity index (χ0) is 12.6. The molecular weight excluding hydrogens is 202 g/mol. The highest BCUT2D eigenvalue weighted by Crippen LogP contribution is 2.11. The summed E-state index contributed by atoms with van der Waals surface area (Å²) < 4.78 is 4.84. The molecule has 1 N–H and O–H groups in total. The summed E-state index contributed by atoms with van der Waals surface area (Å²) in [5.74, 6) is 0.175. The summed E-state index contributed by atoms with van der Waals surface area (Å²) in [4.78, 5) is 11.6. The molecule has 3 unspecified atom stereocenters. The van der Waals surface area contributed by atoms with Crippen LogP contribution in [0.25, 0.3) is 0 Å². The van der Waals surface area contributed by atoms with Crippen LogP contribution in [0.3, 0.4) is 0 Å².